The predicted octanol–water partition coefficient (Wildman–Crippen LogP) is 2.86. The maximum Gasteiger partial charge on any atom is 0.191 e. The Bertz CT molecular complexity index is 874. The summed E-state index contributed by atoms with van der Waals surface area (Å²) < 4.78 is 28.8. The second kappa shape index (κ2) is 11.8. The van der Waals surface area contributed by atoms with Crippen molar-refractivity contribution < 1.29 is 12.8 Å². The molecule has 2 N–H and O–H groups in total. The van der Waals surface area contributed by atoms with Gasteiger partial charge >= 0.3 is 0 Å². The van der Waals surface area contributed by atoms with Crippen molar-refractivity contribution in [1.82, 2.24) is 15.5 Å². The Morgan fingerprint density at radius 2 is 1.80 bits per heavy atom. The molecule has 30 heavy (non-hydrogen) atoms. The molecule has 7 nitrogen and oxygen atoms in total. The van der Waals surface area contributed by atoms with Crippen LogP contribution in [0.2, 0.25) is 0 Å². The first-order valence-corrected chi connectivity index (χ1v) is 12.4. The second-order valence-corrected chi connectivity index (χ2v) is 9.08. The van der Waals surface area contributed by atoms with Crippen molar-refractivity contribution in [2.45, 2.75) is 38.1 Å². The van der Waals surface area contributed by atoms with Gasteiger partial charge in [0.1, 0.15) is 5.76 Å². The van der Waals surface area contributed by atoms with Crippen LogP contribution in [0, 0.1) is 0 Å². The highest BCUT2D eigenvalue weighted by Crippen LogP contribution is 2.21. The number of hydrogen-bond donors (Lipinski definition) is 2. The lowest BCUT2D eigenvalue weighted by atomic mass is 10.1. The highest BCUT2D eigenvalue weighted by Gasteiger charge is 2.20. The molecule has 0 radical (unpaired) electrons. The van der Waals surface area contributed by atoms with Crippen molar-refractivity contribution in [2.75, 3.05) is 39.0 Å². The quantitative estimate of drug-likeness (QED) is 0.418. The van der Waals surface area contributed by atoms with Gasteiger partial charge in [-0.15, -0.1) is 0 Å². The predicted molar refractivity (Wildman–Crippen MR) is 122 cm³/mol. The number of nitrogens with zero attached hydrogens (tertiary/aromatic N) is 2. The molecule has 2 rings (SSSR count). The van der Waals surface area contributed by atoms with Crippen LogP contribution in [0.4, 0.5) is 0 Å². The molecule has 0 saturated heterocycles. The van der Waals surface area contributed by atoms with Gasteiger partial charge in [-0.3, -0.25) is 9.89 Å². The molecule has 8 heteroatoms. The van der Waals surface area contributed by atoms with E-state index >= 15 is 0 Å². The van der Waals surface area contributed by atoms with Gasteiger partial charge in [0.05, 0.1) is 23.7 Å². The molecule has 0 aliphatic rings. The Hall–Kier alpha value is -2.32. The van der Waals surface area contributed by atoms with Crippen molar-refractivity contribution in [3.63, 3.8) is 0 Å². The molecule has 2 aromatic rings. The summed E-state index contributed by atoms with van der Waals surface area (Å²) in [5.74, 6) is 1.68. The van der Waals surface area contributed by atoms with Crippen molar-refractivity contribution in [2.24, 2.45) is 4.99 Å². The van der Waals surface area contributed by atoms with Crippen LogP contribution in [0.5, 0.6) is 0 Å². The Kier molecular flexibility index (Phi) is 9.39. The summed E-state index contributed by atoms with van der Waals surface area (Å²) in [4.78, 5) is 7.45. The number of rotatable bonds is 11. The normalized spacial score (nSPS) is 13.4. The molecule has 166 valence electrons. The van der Waals surface area contributed by atoms with Gasteiger partial charge in [-0.05, 0) is 56.3 Å². The molecule has 0 aliphatic heterocycles. The zero-order chi connectivity index (χ0) is 22.0. The minimum Gasteiger partial charge on any atom is -0.468 e. The number of aliphatic imine (C=N–C) groups is 1. The zero-order valence-corrected chi connectivity index (χ0v) is 19.2. The van der Waals surface area contributed by atoms with E-state index in [1.165, 1.54) is 6.26 Å². The minimum absolute atomic E-state index is 0.0917. The lowest BCUT2D eigenvalue weighted by molar-refractivity contribution is 0.198. The molecule has 0 amide bonds. The fraction of sp³-hybridized carbons (Fsp3) is 0.500. The third kappa shape index (κ3) is 7.18. The van der Waals surface area contributed by atoms with Crippen molar-refractivity contribution in [3.05, 3.63) is 54.0 Å². The average molecular weight is 435 g/mol. The first-order valence-electron chi connectivity index (χ1n) is 10.5. The molecule has 0 fully saturated rings. The monoisotopic (exact) mass is 434 g/mol. The maximum absolute atomic E-state index is 11.6. The molecule has 0 aliphatic carbocycles. The molecular formula is C22H34N4O3S. The van der Waals surface area contributed by atoms with Crippen LogP contribution in [-0.4, -0.2) is 58.3 Å². The van der Waals surface area contributed by atoms with Gasteiger partial charge in [0.2, 0.25) is 0 Å². The molecule has 1 atom stereocenters. The second-order valence-electron chi connectivity index (χ2n) is 7.06. The van der Waals surface area contributed by atoms with Gasteiger partial charge < -0.3 is 15.1 Å². The van der Waals surface area contributed by atoms with Crippen LogP contribution in [0.15, 0.2) is 57.0 Å². The van der Waals surface area contributed by atoms with Crippen LogP contribution >= 0.6 is 0 Å². The maximum atomic E-state index is 11.6. The molecule has 1 aromatic carbocycles. The lowest BCUT2D eigenvalue weighted by Crippen LogP contribution is -2.39. The van der Waals surface area contributed by atoms with E-state index in [2.05, 4.69) is 29.4 Å². The van der Waals surface area contributed by atoms with Gasteiger partial charge in [-0.1, -0.05) is 26.0 Å². The molecule has 1 unspecified atom stereocenters. The van der Waals surface area contributed by atoms with E-state index in [1.54, 1.807) is 18.4 Å². The Labute approximate surface area is 180 Å². The standard InChI is InChI=1S/C22H34N4O3S/c1-5-23-22(24-15-14-18-10-12-19(13-11-18)30(4,27)28)25-17-20(26(6-2)7-3)21-9-8-16-29-21/h8-13,16,20H,5-7,14-15,17H2,1-4H3,(H2,23,24,25). The Morgan fingerprint density at radius 1 is 1.10 bits per heavy atom. The fourth-order valence-electron chi connectivity index (χ4n) is 3.28. The average Bonchev–Trinajstić information content (AvgIpc) is 3.25. The van der Waals surface area contributed by atoms with Gasteiger partial charge in [0, 0.05) is 19.3 Å². The fourth-order valence-corrected chi connectivity index (χ4v) is 3.91. The van der Waals surface area contributed by atoms with Crippen molar-refractivity contribution in [1.29, 1.82) is 0 Å². The van der Waals surface area contributed by atoms with Gasteiger partial charge in [-0.2, -0.15) is 0 Å². The van der Waals surface area contributed by atoms with Crippen LogP contribution in [0.25, 0.3) is 0 Å². The number of hydrogen-bond acceptors (Lipinski definition) is 5. The molecule has 1 heterocycles. The van der Waals surface area contributed by atoms with E-state index in [0.29, 0.717) is 18.0 Å². The molecule has 0 bridgehead atoms. The number of nitrogens with one attached hydrogen (secondary N) is 2. The summed E-state index contributed by atoms with van der Waals surface area (Å²) in [5, 5.41) is 6.65. The van der Waals surface area contributed by atoms with Gasteiger partial charge in [0.25, 0.3) is 0 Å². The molecular weight excluding hydrogens is 400 g/mol. The zero-order valence-electron chi connectivity index (χ0n) is 18.4. The molecule has 0 spiro atoms. The van der Waals surface area contributed by atoms with E-state index in [0.717, 1.165) is 43.3 Å². The Balaban J connectivity index is 1.99. The van der Waals surface area contributed by atoms with Gasteiger partial charge in [-0.25, -0.2) is 8.42 Å². The highest BCUT2D eigenvalue weighted by atomic mass is 32.2. The van der Waals surface area contributed by atoms with E-state index in [-0.39, 0.29) is 6.04 Å². The van der Waals surface area contributed by atoms with Crippen LogP contribution < -0.4 is 10.6 Å². The van der Waals surface area contributed by atoms with Crippen LogP contribution in [0.3, 0.4) is 0 Å². The van der Waals surface area contributed by atoms with Crippen molar-refractivity contribution in [3.8, 4) is 0 Å². The number of benzene rings is 1. The first-order chi connectivity index (χ1) is 14.4. The van der Waals surface area contributed by atoms with E-state index in [9.17, 15) is 8.42 Å². The third-order valence-corrected chi connectivity index (χ3v) is 6.08. The van der Waals surface area contributed by atoms with E-state index in [1.807, 2.05) is 31.2 Å². The largest absolute Gasteiger partial charge is 0.468 e. The van der Waals surface area contributed by atoms with E-state index in [4.69, 9.17) is 9.41 Å². The van der Waals surface area contributed by atoms with Gasteiger partial charge in [0.15, 0.2) is 15.8 Å². The topological polar surface area (TPSA) is 86.9 Å². The summed E-state index contributed by atoms with van der Waals surface area (Å²) in [5.41, 5.74) is 1.07. The highest BCUT2D eigenvalue weighted by molar-refractivity contribution is 7.90. The summed E-state index contributed by atoms with van der Waals surface area (Å²) >= 11 is 0. The number of guanidine groups is 1. The van der Waals surface area contributed by atoms with Crippen molar-refractivity contribution >= 4 is 15.8 Å². The molecule has 1 aromatic heterocycles. The molecule has 0 saturated carbocycles. The Morgan fingerprint density at radius 3 is 2.33 bits per heavy atom. The lowest BCUT2D eigenvalue weighted by Gasteiger charge is -2.27. The van der Waals surface area contributed by atoms with E-state index < -0.39 is 9.84 Å². The minimum atomic E-state index is -3.16. The summed E-state index contributed by atoms with van der Waals surface area (Å²) in [6.07, 6.45) is 3.69. The summed E-state index contributed by atoms with van der Waals surface area (Å²) in [6.45, 7) is 10.2. The summed E-state index contributed by atoms with van der Waals surface area (Å²) in [6, 6.07) is 11.0. The van der Waals surface area contributed by atoms with Crippen LogP contribution in [-0.2, 0) is 16.3 Å². The third-order valence-electron chi connectivity index (χ3n) is 4.95. The first kappa shape index (κ1) is 24.0. The SMILES string of the molecule is CCNC(=NCC(c1ccco1)N(CC)CC)NCCc1ccc(S(C)(=O)=O)cc1. The summed E-state index contributed by atoms with van der Waals surface area (Å²) in [7, 11) is -3.16. The number of likely N-dealkylation sites (N-methyl/N-ethyl adjacent to an activating group) is 1. The van der Waals surface area contributed by atoms with Crippen LogP contribution in [0.1, 0.15) is 38.1 Å². The smallest absolute Gasteiger partial charge is 0.191 e. The number of furan rings is 1. The number of sulfone groups is 1.